The van der Waals surface area contributed by atoms with Gasteiger partial charge in [0.1, 0.15) is 11.5 Å². The van der Waals surface area contributed by atoms with Gasteiger partial charge in [-0.15, -0.1) is 0 Å². The molecule has 1 saturated carbocycles. The van der Waals surface area contributed by atoms with Crippen LogP contribution in [0.4, 0.5) is 11.8 Å². The summed E-state index contributed by atoms with van der Waals surface area (Å²) < 4.78 is 5.45. The van der Waals surface area contributed by atoms with E-state index >= 15 is 0 Å². The van der Waals surface area contributed by atoms with Gasteiger partial charge in [-0.25, -0.2) is 4.98 Å². The molecule has 26 heavy (non-hydrogen) atoms. The van der Waals surface area contributed by atoms with Gasteiger partial charge in [0.2, 0.25) is 5.95 Å². The quantitative estimate of drug-likeness (QED) is 0.715. The number of nitrogens with zero attached hydrogens (tertiary/aromatic N) is 5. The van der Waals surface area contributed by atoms with Crippen molar-refractivity contribution in [2.75, 3.05) is 17.7 Å². The van der Waals surface area contributed by atoms with E-state index in [9.17, 15) is 0 Å². The topological polar surface area (TPSA) is 120 Å². The normalized spacial score (nSPS) is 19.2. The van der Waals surface area contributed by atoms with Crippen LogP contribution in [0.1, 0.15) is 30.2 Å². The summed E-state index contributed by atoms with van der Waals surface area (Å²) >= 11 is 0. The first-order valence-corrected chi connectivity index (χ1v) is 8.55. The lowest BCUT2D eigenvalue weighted by atomic mass is 9.78. The Balaban J connectivity index is 1.50. The third-order valence-electron chi connectivity index (χ3n) is 4.64. The molecule has 4 N–H and O–H groups in total. The van der Waals surface area contributed by atoms with Crippen LogP contribution in [0.15, 0.2) is 41.2 Å². The van der Waals surface area contributed by atoms with Gasteiger partial charge in [-0.05, 0) is 25.0 Å². The molecule has 0 unspecified atom stereocenters. The number of nitrogen functional groups attached to an aromatic ring is 1. The highest BCUT2D eigenvalue weighted by molar-refractivity contribution is 5.57. The zero-order chi connectivity index (χ0) is 18.1. The molecule has 1 aliphatic carbocycles. The minimum absolute atomic E-state index is 0.262. The maximum Gasteiger partial charge on any atom is 0.222 e. The molecule has 3 heterocycles. The molecule has 3 aromatic rings. The third kappa shape index (κ3) is 3.36. The fraction of sp³-hybridized carbons (Fsp3) is 0.333. The first-order valence-electron chi connectivity index (χ1n) is 8.55. The Hall–Kier alpha value is -3.00. The second-order valence-electron chi connectivity index (χ2n) is 6.71. The standard InChI is InChI=1S/C18H21N7O/c1-25(10-14-7-16(24-26-14)11-3-2-4-21-9-11)17-8-15(22-18(20)23-17)12-5-13(19)6-12/h2-4,7-9,12-13H,5-6,10,19H2,1H3,(H2,20,22,23). The maximum absolute atomic E-state index is 5.90. The largest absolute Gasteiger partial charge is 0.368 e. The van der Waals surface area contributed by atoms with Crippen LogP contribution in [0, 0.1) is 0 Å². The van der Waals surface area contributed by atoms with E-state index in [1.54, 1.807) is 12.4 Å². The summed E-state index contributed by atoms with van der Waals surface area (Å²) in [4.78, 5) is 14.8. The summed E-state index contributed by atoms with van der Waals surface area (Å²) in [5.74, 6) is 2.13. The summed E-state index contributed by atoms with van der Waals surface area (Å²) in [7, 11) is 1.93. The van der Waals surface area contributed by atoms with E-state index in [1.165, 1.54) is 0 Å². The average Bonchev–Trinajstić information content (AvgIpc) is 3.07. The molecule has 134 valence electrons. The average molecular weight is 351 g/mol. The van der Waals surface area contributed by atoms with Crippen molar-refractivity contribution < 1.29 is 4.52 Å². The lowest BCUT2D eigenvalue weighted by molar-refractivity contribution is 0.345. The van der Waals surface area contributed by atoms with Crippen molar-refractivity contribution in [2.45, 2.75) is 31.3 Å². The minimum atomic E-state index is 0.262. The fourth-order valence-corrected chi connectivity index (χ4v) is 3.13. The molecule has 4 rings (SSSR count). The number of hydrogen-bond donors (Lipinski definition) is 2. The molecule has 0 bridgehead atoms. The van der Waals surface area contributed by atoms with Gasteiger partial charge in [-0.3, -0.25) is 4.98 Å². The summed E-state index contributed by atoms with van der Waals surface area (Å²) in [6.07, 6.45) is 5.36. The number of anilines is 2. The molecule has 0 spiro atoms. The summed E-state index contributed by atoms with van der Waals surface area (Å²) in [6, 6.07) is 7.96. The van der Waals surface area contributed by atoms with Gasteiger partial charge in [0.05, 0.1) is 12.2 Å². The predicted octanol–water partition coefficient (Wildman–Crippen LogP) is 1.95. The van der Waals surface area contributed by atoms with Crippen LogP contribution in [-0.4, -0.2) is 33.2 Å². The Morgan fingerprint density at radius 3 is 2.85 bits per heavy atom. The molecule has 0 amide bonds. The van der Waals surface area contributed by atoms with Crippen LogP contribution in [0.2, 0.25) is 0 Å². The Bertz CT molecular complexity index is 890. The molecule has 3 aromatic heterocycles. The van der Waals surface area contributed by atoms with Crippen molar-refractivity contribution in [3.63, 3.8) is 0 Å². The fourth-order valence-electron chi connectivity index (χ4n) is 3.13. The van der Waals surface area contributed by atoms with E-state index in [0.717, 1.165) is 41.4 Å². The Kier molecular flexibility index (Phi) is 4.26. The minimum Gasteiger partial charge on any atom is -0.368 e. The predicted molar refractivity (Wildman–Crippen MR) is 98.2 cm³/mol. The number of pyridine rings is 1. The zero-order valence-corrected chi connectivity index (χ0v) is 14.5. The highest BCUT2D eigenvalue weighted by Gasteiger charge is 2.29. The van der Waals surface area contributed by atoms with Crippen molar-refractivity contribution in [1.82, 2.24) is 20.1 Å². The molecule has 0 aromatic carbocycles. The first kappa shape index (κ1) is 16.5. The van der Waals surface area contributed by atoms with Crippen molar-refractivity contribution in [2.24, 2.45) is 5.73 Å². The van der Waals surface area contributed by atoms with Gasteiger partial charge in [0, 0.05) is 49.1 Å². The molecule has 8 nitrogen and oxygen atoms in total. The SMILES string of the molecule is CN(Cc1cc(-c2cccnc2)no1)c1cc(C2CC(N)C2)nc(N)n1. The highest BCUT2D eigenvalue weighted by atomic mass is 16.5. The molecule has 8 heteroatoms. The number of rotatable bonds is 5. The smallest absolute Gasteiger partial charge is 0.222 e. The van der Waals surface area contributed by atoms with E-state index in [1.807, 2.05) is 36.2 Å². The molecule has 0 aliphatic heterocycles. The molecule has 1 aliphatic rings. The van der Waals surface area contributed by atoms with Crippen LogP contribution < -0.4 is 16.4 Å². The van der Waals surface area contributed by atoms with E-state index in [2.05, 4.69) is 20.1 Å². The Morgan fingerprint density at radius 2 is 2.12 bits per heavy atom. The second kappa shape index (κ2) is 6.72. The summed E-state index contributed by atoms with van der Waals surface area (Å²) in [5.41, 5.74) is 14.4. The van der Waals surface area contributed by atoms with Crippen LogP contribution in [0.3, 0.4) is 0 Å². The van der Waals surface area contributed by atoms with E-state index < -0.39 is 0 Å². The lowest BCUT2D eigenvalue weighted by Crippen LogP contribution is -2.35. The number of nitrogens with two attached hydrogens (primary N) is 2. The molecule has 0 saturated heterocycles. The van der Waals surface area contributed by atoms with Crippen molar-refractivity contribution in [1.29, 1.82) is 0 Å². The van der Waals surface area contributed by atoms with Crippen molar-refractivity contribution >= 4 is 11.8 Å². The van der Waals surface area contributed by atoms with Crippen molar-refractivity contribution in [3.8, 4) is 11.3 Å². The molecule has 1 fully saturated rings. The van der Waals surface area contributed by atoms with Gasteiger partial charge in [-0.1, -0.05) is 5.16 Å². The number of aromatic nitrogens is 4. The van der Waals surface area contributed by atoms with E-state index in [0.29, 0.717) is 12.5 Å². The van der Waals surface area contributed by atoms with Crippen molar-refractivity contribution in [3.05, 3.63) is 48.1 Å². The first-order chi connectivity index (χ1) is 12.6. The molecule has 0 radical (unpaired) electrons. The second-order valence-corrected chi connectivity index (χ2v) is 6.71. The summed E-state index contributed by atoms with van der Waals surface area (Å²) in [5, 5.41) is 4.11. The third-order valence-corrected chi connectivity index (χ3v) is 4.64. The number of hydrogen-bond acceptors (Lipinski definition) is 8. The van der Waals surface area contributed by atoms with Gasteiger partial charge >= 0.3 is 0 Å². The van der Waals surface area contributed by atoms with Gasteiger partial charge in [-0.2, -0.15) is 4.98 Å². The summed E-state index contributed by atoms with van der Waals surface area (Å²) in [6.45, 7) is 0.521. The Labute approximate surface area is 151 Å². The van der Waals surface area contributed by atoms with Crippen LogP contribution in [0.5, 0.6) is 0 Å². The monoisotopic (exact) mass is 351 g/mol. The Morgan fingerprint density at radius 1 is 1.27 bits per heavy atom. The van der Waals surface area contributed by atoms with Crippen LogP contribution in [-0.2, 0) is 6.54 Å². The molecular formula is C18H21N7O. The zero-order valence-electron chi connectivity index (χ0n) is 14.5. The van der Waals surface area contributed by atoms with Crippen LogP contribution in [0.25, 0.3) is 11.3 Å². The molecular weight excluding hydrogens is 330 g/mol. The highest BCUT2D eigenvalue weighted by Crippen LogP contribution is 2.35. The maximum atomic E-state index is 5.90. The van der Waals surface area contributed by atoms with Gasteiger partial charge < -0.3 is 20.9 Å². The lowest BCUT2D eigenvalue weighted by Gasteiger charge is -2.32. The van der Waals surface area contributed by atoms with Gasteiger partial charge in [0.25, 0.3) is 0 Å². The van der Waals surface area contributed by atoms with Gasteiger partial charge in [0.15, 0.2) is 5.76 Å². The van der Waals surface area contributed by atoms with E-state index in [-0.39, 0.29) is 12.0 Å². The molecule has 0 atom stereocenters. The van der Waals surface area contributed by atoms with Crippen LogP contribution >= 0.6 is 0 Å². The van der Waals surface area contributed by atoms with E-state index in [4.69, 9.17) is 16.0 Å².